The highest BCUT2D eigenvalue weighted by Crippen LogP contribution is 2.22. The molecule has 0 saturated heterocycles. The van der Waals surface area contributed by atoms with Crippen molar-refractivity contribution < 1.29 is 4.79 Å². The van der Waals surface area contributed by atoms with Gasteiger partial charge in [0.25, 0.3) is 0 Å². The van der Waals surface area contributed by atoms with Crippen LogP contribution < -0.4 is 5.32 Å². The molecule has 0 bridgehead atoms. The first-order chi connectivity index (χ1) is 9.91. The predicted octanol–water partition coefficient (Wildman–Crippen LogP) is 3.34. The lowest BCUT2D eigenvalue weighted by molar-refractivity contribution is -0.120. The average Bonchev–Trinajstić information content (AvgIpc) is 2.44. The minimum absolute atomic E-state index is 0.0289. The van der Waals surface area contributed by atoms with Crippen molar-refractivity contribution in [3.05, 3.63) is 30.0 Å². The molecule has 0 aliphatic heterocycles. The van der Waals surface area contributed by atoms with Gasteiger partial charge in [-0.3, -0.25) is 4.79 Å². The van der Waals surface area contributed by atoms with Crippen LogP contribution in [0.25, 0.3) is 11.0 Å². The van der Waals surface area contributed by atoms with Gasteiger partial charge in [0, 0.05) is 5.54 Å². The third-order valence-corrected chi connectivity index (χ3v) is 4.47. The number of thioether (sulfide) groups is 1. The van der Waals surface area contributed by atoms with E-state index in [1.54, 1.807) is 0 Å². The number of carbonyl (C=O) groups is 1. The number of para-hydroxylation sites is 2. The predicted molar refractivity (Wildman–Crippen MR) is 87.5 cm³/mol. The number of benzene rings is 1. The van der Waals surface area contributed by atoms with Crippen LogP contribution in [0.1, 0.15) is 32.9 Å². The van der Waals surface area contributed by atoms with Crippen LogP contribution in [-0.4, -0.2) is 27.2 Å². The van der Waals surface area contributed by atoms with E-state index in [0.29, 0.717) is 5.75 Å². The van der Waals surface area contributed by atoms with Crippen LogP contribution in [-0.2, 0) is 4.79 Å². The number of hydrogen-bond acceptors (Lipinski definition) is 4. The van der Waals surface area contributed by atoms with Crippen molar-refractivity contribution in [2.75, 3.05) is 5.75 Å². The Kier molecular flexibility index (Phi) is 4.83. The molecular formula is C16H21N3OS. The topological polar surface area (TPSA) is 54.9 Å². The van der Waals surface area contributed by atoms with Gasteiger partial charge in [-0.2, -0.15) is 0 Å². The fourth-order valence-corrected chi connectivity index (χ4v) is 2.60. The molecule has 0 atom stereocenters. The molecule has 2 aromatic rings. The molecular weight excluding hydrogens is 282 g/mol. The minimum atomic E-state index is -0.165. The van der Waals surface area contributed by atoms with E-state index in [2.05, 4.69) is 22.2 Å². The lowest BCUT2D eigenvalue weighted by Gasteiger charge is -2.24. The van der Waals surface area contributed by atoms with E-state index in [4.69, 9.17) is 0 Å². The molecule has 0 radical (unpaired) electrons. The fraction of sp³-hybridized carbons (Fsp3) is 0.438. The molecule has 1 aromatic carbocycles. The number of carbonyl (C=O) groups excluding carboxylic acids is 1. The van der Waals surface area contributed by atoms with Gasteiger partial charge in [-0.25, -0.2) is 9.97 Å². The molecule has 0 aliphatic rings. The SMILES string of the molecule is CCC(C)(C)NC(=O)CSc1nc2ccccc2nc1C. The molecule has 1 aromatic heterocycles. The summed E-state index contributed by atoms with van der Waals surface area (Å²) in [5, 5.41) is 3.84. The molecule has 0 saturated carbocycles. The molecule has 0 aliphatic carbocycles. The number of aromatic nitrogens is 2. The van der Waals surface area contributed by atoms with Crippen molar-refractivity contribution >= 4 is 28.7 Å². The lowest BCUT2D eigenvalue weighted by Crippen LogP contribution is -2.43. The summed E-state index contributed by atoms with van der Waals surface area (Å²) in [6.07, 6.45) is 0.901. The largest absolute Gasteiger partial charge is 0.351 e. The maximum Gasteiger partial charge on any atom is 0.230 e. The summed E-state index contributed by atoms with van der Waals surface area (Å²) in [6.45, 7) is 8.04. The van der Waals surface area contributed by atoms with Crippen LogP contribution in [0, 0.1) is 6.92 Å². The highest BCUT2D eigenvalue weighted by molar-refractivity contribution is 7.99. The normalized spacial score (nSPS) is 11.6. The van der Waals surface area contributed by atoms with Gasteiger partial charge in [-0.15, -0.1) is 0 Å². The molecule has 5 heteroatoms. The Balaban J connectivity index is 2.06. The lowest BCUT2D eigenvalue weighted by atomic mass is 10.0. The molecule has 2 rings (SSSR count). The summed E-state index contributed by atoms with van der Waals surface area (Å²) in [5.41, 5.74) is 2.44. The highest BCUT2D eigenvalue weighted by Gasteiger charge is 2.18. The molecule has 0 spiro atoms. The van der Waals surface area contributed by atoms with E-state index in [1.807, 2.05) is 45.0 Å². The van der Waals surface area contributed by atoms with E-state index in [0.717, 1.165) is 28.2 Å². The number of aryl methyl sites for hydroxylation is 1. The maximum absolute atomic E-state index is 12.0. The van der Waals surface area contributed by atoms with Crippen LogP contribution in [0.15, 0.2) is 29.3 Å². The summed E-state index contributed by atoms with van der Waals surface area (Å²) >= 11 is 1.44. The van der Waals surface area contributed by atoms with Gasteiger partial charge >= 0.3 is 0 Å². The molecule has 1 N–H and O–H groups in total. The van der Waals surface area contributed by atoms with Crippen LogP contribution in [0.3, 0.4) is 0 Å². The second-order valence-electron chi connectivity index (χ2n) is 5.68. The van der Waals surface area contributed by atoms with Crippen molar-refractivity contribution in [2.24, 2.45) is 0 Å². The van der Waals surface area contributed by atoms with Crippen LogP contribution in [0.2, 0.25) is 0 Å². The molecule has 112 valence electrons. The zero-order chi connectivity index (χ0) is 15.5. The van der Waals surface area contributed by atoms with Crippen molar-refractivity contribution in [1.82, 2.24) is 15.3 Å². The fourth-order valence-electron chi connectivity index (χ4n) is 1.84. The summed E-state index contributed by atoms with van der Waals surface area (Å²) in [7, 11) is 0. The van der Waals surface area contributed by atoms with Gasteiger partial charge in [0.15, 0.2) is 0 Å². The van der Waals surface area contributed by atoms with Gasteiger partial charge in [0.1, 0.15) is 5.03 Å². The highest BCUT2D eigenvalue weighted by atomic mass is 32.2. The van der Waals surface area contributed by atoms with Gasteiger partial charge in [0.2, 0.25) is 5.91 Å². The Morgan fingerprint density at radius 1 is 1.24 bits per heavy atom. The molecule has 1 heterocycles. The van der Waals surface area contributed by atoms with Gasteiger partial charge in [-0.1, -0.05) is 30.8 Å². The Bertz CT molecular complexity index is 655. The zero-order valence-corrected chi connectivity index (χ0v) is 13.8. The quantitative estimate of drug-likeness (QED) is 0.861. The number of hydrogen-bond donors (Lipinski definition) is 1. The van der Waals surface area contributed by atoms with E-state index in [-0.39, 0.29) is 11.4 Å². The number of nitrogens with zero attached hydrogens (tertiary/aromatic N) is 2. The first-order valence-corrected chi connectivity index (χ1v) is 8.07. The van der Waals surface area contributed by atoms with Crippen molar-refractivity contribution in [3.8, 4) is 0 Å². The molecule has 0 fully saturated rings. The van der Waals surface area contributed by atoms with E-state index in [9.17, 15) is 4.79 Å². The average molecular weight is 303 g/mol. The van der Waals surface area contributed by atoms with Gasteiger partial charge in [-0.05, 0) is 39.3 Å². The van der Waals surface area contributed by atoms with Crippen LogP contribution in [0.5, 0.6) is 0 Å². The van der Waals surface area contributed by atoms with Crippen LogP contribution in [0.4, 0.5) is 0 Å². The standard InChI is InChI=1S/C16H21N3OS/c1-5-16(3,4)19-14(20)10-21-15-11(2)17-12-8-6-7-9-13(12)18-15/h6-9H,5,10H2,1-4H3,(H,19,20). The van der Waals surface area contributed by atoms with E-state index >= 15 is 0 Å². The Labute approximate surface area is 129 Å². The number of rotatable bonds is 5. The first kappa shape index (κ1) is 15.8. The third-order valence-electron chi connectivity index (χ3n) is 3.40. The smallest absolute Gasteiger partial charge is 0.230 e. The molecule has 21 heavy (non-hydrogen) atoms. The summed E-state index contributed by atoms with van der Waals surface area (Å²) in [6, 6.07) is 7.77. The van der Waals surface area contributed by atoms with Crippen molar-refractivity contribution in [3.63, 3.8) is 0 Å². The Morgan fingerprint density at radius 3 is 2.48 bits per heavy atom. The number of nitrogens with one attached hydrogen (secondary N) is 1. The number of amides is 1. The van der Waals surface area contributed by atoms with Gasteiger partial charge < -0.3 is 5.32 Å². The Hall–Kier alpha value is -1.62. The summed E-state index contributed by atoms with van der Waals surface area (Å²) in [4.78, 5) is 21.1. The van der Waals surface area contributed by atoms with Gasteiger partial charge in [0.05, 0.1) is 22.5 Å². The van der Waals surface area contributed by atoms with Crippen molar-refractivity contribution in [1.29, 1.82) is 0 Å². The monoisotopic (exact) mass is 303 g/mol. The van der Waals surface area contributed by atoms with E-state index in [1.165, 1.54) is 11.8 Å². The summed E-state index contributed by atoms with van der Waals surface area (Å²) < 4.78 is 0. The van der Waals surface area contributed by atoms with Crippen molar-refractivity contribution in [2.45, 2.75) is 44.7 Å². The third kappa shape index (κ3) is 4.17. The first-order valence-electron chi connectivity index (χ1n) is 7.08. The molecule has 0 unspecified atom stereocenters. The Morgan fingerprint density at radius 2 is 1.86 bits per heavy atom. The second kappa shape index (κ2) is 6.43. The maximum atomic E-state index is 12.0. The van der Waals surface area contributed by atoms with E-state index < -0.39 is 0 Å². The second-order valence-corrected chi connectivity index (χ2v) is 6.64. The summed E-state index contributed by atoms with van der Waals surface area (Å²) in [5.74, 6) is 0.387. The molecule has 1 amide bonds. The minimum Gasteiger partial charge on any atom is -0.351 e. The van der Waals surface area contributed by atoms with Crippen LogP contribution >= 0.6 is 11.8 Å². The number of fused-ring (bicyclic) bond motifs is 1. The zero-order valence-electron chi connectivity index (χ0n) is 12.9. The molecule has 4 nitrogen and oxygen atoms in total.